The minimum Gasteiger partial charge on any atom is -0.341 e. The predicted molar refractivity (Wildman–Crippen MR) is 88.0 cm³/mol. The highest BCUT2D eigenvalue weighted by atomic mass is 16.1. The van der Waals surface area contributed by atoms with E-state index in [4.69, 9.17) is 0 Å². The van der Waals surface area contributed by atoms with Crippen molar-refractivity contribution in [3.8, 4) is 0 Å². The lowest BCUT2D eigenvalue weighted by molar-refractivity contribution is 0.0932. The Morgan fingerprint density at radius 3 is 2.57 bits per heavy atom. The van der Waals surface area contributed by atoms with Gasteiger partial charge in [-0.25, -0.2) is 9.97 Å². The fourth-order valence-electron chi connectivity index (χ4n) is 2.59. The van der Waals surface area contributed by atoms with Crippen LogP contribution in [0.1, 0.15) is 49.2 Å². The van der Waals surface area contributed by atoms with Gasteiger partial charge in [0.25, 0.3) is 5.91 Å². The van der Waals surface area contributed by atoms with Crippen LogP contribution in [0.2, 0.25) is 0 Å². The lowest BCUT2D eigenvalue weighted by Crippen LogP contribution is -2.29. The highest BCUT2D eigenvalue weighted by molar-refractivity contribution is 5.92. The summed E-state index contributed by atoms with van der Waals surface area (Å²) < 4.78 is 2.05. The molecule has 0 aromatic carbocycles. The zero-order chi connectivity index (χ0) is 16.4. The summed E-state index contributed by atoms with van der Waals surface area (Å²) in [5.74, 6) is 0.575. The van der Waals surface area contributed by atoms with Crippen LogP contribution in [0.3, 0.4) is 0 Å². The van der Waals surface area contributed by atoms with Crippen LogP contribution in [-0.2, 0) is 0 Å². The molecule has 0 saturated carbocycles. The van der Waals surface area contributed by atoms with Crippen molar-refractivity contribution in [1.82, 2.24) is 24.8 Å². The van der Waals surface area contributed by atoms with Gasteiger partial charge in [-0.15, -0.1) is 0 Å². The number of nitrogens with one attached hydrogen (secondary N) is 1. The normalized spacial score (nSPS) is 12.5. The van der Waals surface area contributed by atoms with Crippen molar-refractivity contribution in [3.63, 3.8) is 0 Å². The Kier molecular flexibility index (Phi) is 4.06. The Hall–Kier alpha value is -2.76. The maximum atomic E-state index is 12.3. The van der Waals surface area contributed by atoms with Crippen LogP contribution in [0.15, 0.2) is 42.7 Å². The van der Waals surface area contributed by atoms with Crippen LogP contribution >= 0.6 is 0 Å². The fourth-order valence-corrected chi connectivity index (χ4v) is 2.59. The van der Waals surface area contributed by atoms with Gasteiger partial charge in [-0.3, -0.25) is 9.78 Å². The van der Waals surface area contributed by atoms with Crippen molar-refractivity contribution in [3.05, 3.63) is 54.2 Å². The van der Waals surface area contributed by atoms with E-state index in [-0.39, 0.29) is 18.0 Å². The van der Waals surface area contributed by atoms with E-state index in [0.29, 0.717) is 5.69 Å². The van der Waals surface area contributed by atoms with E-state index in [2.05, 4.69) is 38.7 Å². The van der Waals surface area contributed by atoms with E-state index in [1.807, 2.05) is 19.1 Å². The average molecular weight is 309 g/mol. The van der Waals surface area contributed by atoms with Gasteiger partial charge in [0.05, 0.1) is 6.04 Å². The molecule has 23 heavy (non-hydrogen) atoms. The highest BCUT2D eigenvalue weighted by Gasteiger charge is 2.21. The van der Waals surface area contributed by atoms with Gasteiger partial charge in [0.1, 0.15) is 17.0 Å². The minimum atomic E-state index is -0.249. The lowest BCUT2D eigenvalue weighted by atomic mass is 10.2. The van der Waals surface area contributed by atoms with Crippen molar-refractivity contribution in [2.75, 3.05) is 0 Å². The second-order valence-corrected chi connectivity index (χ2v) is 5.69. The Morgan fingerprint density at radius 2 is 1.87 bits per heavy atom. The third-order valence-corrected chi connectivity index (χ3v) is 3.62. The first kappa shape index (κ1) is 15.1. The van der Waals surface area contributed by atoms with E-state index >= 15 is 0 Å². The fraction of sp³-hybridized carbons (Fsp3) is 0.294. The van der Waals surface area contributed by atoms with Gasteiger partial charge in [-0.05, 0) is 45.0 Å². The molecule has 0 radical (unpaired) electrons. The molecule has 3 rings (SSSR count). The molecule has 0 saturated heterocycles. The van der Waals surface area contributed by atoms with Crippen LogP contribution in [-0.4, -0.2) is 25.4 Å². The molecule has 0 unspecified atom stereocenters. The van der Waals surface area contributed by atoms with Crippen LogP contribution in [0.25, 0.3) is 11.2 Å². The van der Waals surface area contributed by atoms with Crippen molar-refractivity contribution >= 4 is 17.1 Å². The van der Waals surface area contributed by atoms with Gasteiger partial charge in [0.2, 0.25) is 0 Å². The van der Waals surface area contributed by atoms with E-state index < -0.39 is 0 Å². The number of carbonyl (C=O) groups is 1. The summed E-state index contributed by atoms with van der Waals surface area (Å²) in [6.07, 6.45) is 3.36. The second-order valence-electron chi connectivity index (χ2n) is 5.69. The molecule has 3 aromatic heterocycles. The molecule has 1 amide bonds. The van der Waals surface area contributed by atoms with E-state index in [1.54, 1.807) is 30.6 Å². The first-order valence-electron chi connectivity index (χ1n) is 7.62. The maximum Gasteiger partial charge on any atom is 0.270 e. The number of hydrogen-bond donors (Lipinski definition) is 1. The lowest BCUT2D eigenvalue weighted by Gasteiger charge is -2.18. The third kappa shape index (κ3) is 2.92. The van der Waals surface area contributed by atoms with Gasteiger partial charge in [0, 0.05) is 18.4 Å². The van der Waals surface area contributed by atoms with Gasteiger partial charge >= 0.3 is 0 Å². The third-order valence-electron chi connectivity index (χ3n) is 3.62. The van der Waals surface area contributed by atoms with Gasteiger partial charge in [0.15, 0.2) is 5.65 Å². The monoisotopic (exact) mass is 309 g/mol. The zero-order valence-corrected chi connectivity index (χ0v) is 13.4. The number of rotatable bonds is 4. The summed E-state index contributed by atoms with van der Waals surface area (Å²) in [7, 11) is 0. The summed E-state index contributed by atoms with van der Waals surface area (Å²) in [6, 6.07) is 9.00. The van der Waals surface area contributed by atoms with Gasteiger partial charge < -0.3 is 9.88 Å². The zero-order valence-electron chi connectivity index (χ0n) is 13.4. The largest absolute Gasteiger partial charge is 0.341 e. The topological polar surface area (TPSA) is 72.7 Å². The summed E-state index contributed by atoms with van der Waals surface area (Å²) in [5, 5.41) is 2.96. The summed E-state index contributed by atoms with van der Waals surface area (Å²) in [5.41, 5.74) is 2.05. The molecule has 0 aliphatic heterocycles. The Balaban J connectivity index is 1.93. The number of nitrogens with zero attached hydrogens (tertiary/aromatic N) is 4. The van der Waals surface area contributed by atoms with Crippen LogP contribution in [0.4, 0.5) is 0 Å². The van der Waals surface area contributed by atoms with E-state index in [9.17, 15) is 4.79 Å². The summed E-state index contributed by atoms with van der Waals surface area (Å²) in [4.78, 5) is 25.4. The van der Waals surface area contributed by atoms with Crippen molar-refractivity contribution < 1.29 is 4.79 Å². The molecule has 0 aliphatic carbocycles. The number of pyridine rings is 2. The Morgan fingerprint density at radius 1 is 1.09 bits per heavy atom. The van der Waals surface area contributed by atoms with Crippen LogP contribution < -0.4 is 5.32 Å². The molecule has 3 aromatic rings. The van der Waals surface area contributed by atoms with Crippen molar-refractivity contribution in [2.24, 2.45) is 0 Å². The molecule has 0 spiro atoms. The first-order valence-corrected chi connectivity index (χ1v) is 7.62. The van der Waals surface area contributed by atoms with Gasteiger partial charge in [-0.1, -0.05) is 6.07 Å². The standard InChI is InChI=1S/C17H19N5O/c1-11(2)22-15(21-13-8-6-10-19-16(13)22)12(3)20-17(23)14-7-4-5-9-18-14/h4-12H,1-3H3,(H,20,23)/t12-/m0/s1. The van der Waals surface area contributed by atoms with Crippen molar-refractivity contribution in [1.29, 1.82) is 0 Å². The number of aromatic nitrogens is 4. The molecule has 6 heteroatoms. The molecule has 1 atom stereocenters. The number of fused-ring (bicyclic) bond motifs is 1. The quantitative estimate of drug-likeness (QED) is 0.804. The first-order chi connectivity index (χ1) is 11.1. The minimum absolute atomic E-state index is 0.194. The second kappa shape index (κ2) is 6.16. The molecule has 0 aliphatic rings. The smallest absolute Gasteiger partial charge is 0.270 e. The molecule has 6 nitrogen and oxygen atoms in total. The SMILES string of the molecule is CC(C)n1c([C@H](C)NC(=O)c2ccccn2)nc2cccnc21. The highest BCUT2D eigenvalue weighted by Crippen LogP contribution is 2.23. The Labute approximate surface area is 134 Å². The molecule has 3 heterocycles. The van der Waals surface area contributed by atoms with E-state index in [1.165, 1.54) is 0 Å². The summed E-state index contributed by atoms with van der Waals surface area (Å²) in [6.45, 7) is 6.07. The average Bonchev–Trinajstić information content (AvgIpc) is 2.95. The molecule has 0 bridgehead atoms. The molecular formula is C17H19N5O. The van der Waals surface area contributed by atoms with Crippen LogP contribution in [0.5, 0.6) is 0 Å². The van der Waals surface area contributed by atoms with Crippen LogP contribution in [0, 0.1) is 0 Å². The number of amides is 1. The molecular weight excluding hydrogens is 290 g/mol. The maximum absolute atomic E-state index is 12.3. The van der Waals surface area contributed by atoms with Crippen molar-refractivity contribution in [2.45, 2.75) is 32.9 Å². The molecule has 118 valence electrons. The molecule has 0 fully saturated rings. The number of carbonyl (C=O) groups excluding carboxylic acids is 1. The number of hydrogen-bond acceptors (Lipinski definition) is 4. The Bertz CT molecular complexity index is 825. The predicted octanol–water partition coefficient (Wildman–Crippen LogP) is 2.90. The number of imidazole rings is 1. The van der Waals surface area contributed by atoms with Gasteiger partial charge in [-0.2, -0.15) is 0 Å². The molecule has 1 N–H and O–H groups in total. The van der Waals surface area contributed by atoms with E-state index in [0.717, 1.165) is 17.0 Å². The summed E-state index contributed by atoms with van der Waals surface area (Å²) >= 11 is 0.